The zero-order chi connectivity index (χ0) is 7.56. The Morgan fingerprint density at radius 2 is 2.40 bits per heavy atom. The molecule has 4 heteroatoms. The molecule has 1 rings (SSSR count). The van der Waals surface area contributed by atoms with Crippen molar-refractivity contribution in [1.29, 1.82) is 0 Å². The van der Waals surface area contributed by atoms with Crippen molar-refractivity contribution in [1.82, 2.24) is 16.0 Å². The van der Waals surface area contributed by atoms with Gasteiger partial charge in [0, 0.05) is 12.2 Å². The van der Waals surface area contributed by atoms with Crippen molar-refractivity contribution in [2.75, 3.05) is 0 Å². The fourth-order valence-corrected chi connectivity index (χ4v) is 0.682. The smallest absolute Gasteiger partial charge is 0.168 e. The highest BCUT2D eigenvalue weighted by molar-refractivity contribution is 5.72. The van der Waals surface area contributed by atoms with Gasteiger partial charge < -0.3 is 0 Å². The molecular weight excluding hydrogens is 130 g/mol. The first-order valence-corrected chi connectivity index (χ1v) is 3.21. The average molecular weight is 141 g/mol. The molecule has 0 radical (unpaired) electrons. The van der Waals surface area contributed by atoms with E-state index in [1.165, 1.54) is 0 Å². The normalized spacial score (nSPS) is 17.1. The minimum absolute atomic E-state index is 0.352. The highest BCUT2D eigenvalue weighted by Crippen LogP contribution is 2.00. The van der Waals surface area contributed by atoms with Crippen LogP contribution in [0.4, 0.5) is 0 Å². The van der Waals surface area contributed by atoms with Crippen LogP contribution in [0.1, 0.15) is 13.8 Å². The SMILES string of the molecule is CC(C)N1C=C(C=O)NN1. The largest absolute Gasteiger partial charge is 0.299 e. The van der Waals surface area contributed by atoms with Gasteiger partial charge in [-0.3, -0.25) is 15.2 Å². The molecule has 0 spiro atoms. The van der Waals surface area contributed by atoms with Gasteiger partial charge in [-0.25, -0.2) is 0 Å². The van der Waals surface area contributed by atoms with E-state index >= 15 is 0 Å². The van der Waals surface area contributed by atoms with Crippen LogP contribution in [0.15, 0.2) is 11.9 Å². The number of carbonyl (C=O) groups is 1. The van der Waals surface area contributed by atoms with Gasteiger partial charge in [0.05, 0.1) is 0 Å². The van der Waals surface area contributed by atoms with Crippen LogP contribution >= 0.6 is 0 Å². The van der Waals surface area contributed by atoms with Gasteiger partial charge in [-0.15, -0.1) is 5.53 Å². The number of hydrogen-bond donors (Lipinski definition) is 2. The molecule has 4 nitrogen and oxygen atoms in total. The summed E-state index contributed by atoms with van der Waals surface area (Å²) >= 11 is 0. The highest BCUT2D eigenvalue weighted by atomic mass is 16.1. The number of nitrogens with one attached hydrogen (secondary N) is 2. The third-order valence-corrected chi connectivity index (χ3v) is 1.29. The van der Waals surface area contributed by atoms with E-state index in [2.05, 4.69) is 11.0 Å². The third-order valence-electron chi connectivity index (χ3n) is 1.29. The summed E-state index contributed by atoms with van der Waals surface area (Å²) in [5.41, 5.74) is 6.09. The van der Waals surface area contributed by atoms with E-state index in [1.54, 1.807) is 6.20 Å². The van der Waals surface area contributed by atoms with E-state index in [-0.39, 0.29) is 0 Å². The van der Waals surface area contributed by atoms with Crippen LogP contribution in [-0.2, 0) is 4.79 Å². The zero-order valence-electron chi connectivity index (χ0n) is 6.09. The molecule has 1 heterocycles. The standard InChI is InChI=1S/C6H11N3O/c1-5(2)9-3-6(4-10)7-8-9/h3-5,7-8H,1-2H3. The molecule has 56 valence electrons. The maximum atomic E-state index is 10.2. The van der Waals surface area contributed by atoms with E-state index in [9.17, 15) is 4.79 Å². The molecule has 0 aromatic carbocycles. The lowest BCUT2D eigenvalue weighted by Crippen LogP contribution is -2.40. The van der Waals surface area contributed by atoms with Crippen LogP contribution in [-0.4, -0.2) is 17.3 Å². The van der Waals surface area contributed by atoms with Crippen molar-refractivity contribution in [3.63, 3.8) is 0 Å². The van der Waals surface area contributed by atoms with Gasteiger partial charge in [-0.05, 0) is 13.8 Å². The molecule has 0 aliphatic carbocycles. The Balaban J connectivity index is 2.54. The first-order chi connectivity index (χ1) is 4.74. The summed E-state index contributed by atoms with van der Waals surface area (Å²) in [6, 6.07) is 0.352. The number of hydrazine groups is 2. The quantitative estimate of drug-likeness (QED) is 0.521. The maximum Gasteiger partial charge on any atom is 0.168 e. The molecule has 0 aromatic heterocycles. The number of allylic oxidation sites excluding steroid dienone is 1. The minimum Gasteiger partial charge on any atom is -0.299 e. The minimum atomic E-state index is 0.352. The van der Waals surface area contributed by atoms with Crippen LogP contribution in [0.5, 0.6) is 0 Å². The van der Waals surface area contributed by atoms with Gasteiger partial charge >= 0.3 is 0 Å². The molecular formula is C6H11N3O. The molecule has 2 N–H and O–H groups in total. The third kappa shape index (κ3) is 1.27. The molecule has 0 saturated heterocycles. The Morgan fingerprint density at radius 1 is 1.70 bits per heavy atom. The first-order valence-electron chi connectivity index (χ1n) is 3.21. The van der Waals surface area contributed by atoms with Crippen molar-refractivity contribution in [3.8, 4) is 0 Å². The summed E-state index contributed by atoms with van der Waals surface area (Å²) < 4.78 is 0. The Labute approximate surface area is 59.8 Å². The Morgan fingerprint density at radius 3 is 2.70 bits per heavy atom. The molecule has 10 heavy (non-hydrogen) atoms. The number of aldehydes is 1. The molecule has 0 unspecified atom stereocenters. The lowest BCUT2D eigenvalue weighted by molar-refractivity contribution is -0.105. The highest BCUT2D eigenvalue weighted by Gasteiger charge is 2.11. The average Bonchev–Trinajstić information content (AvgIpc) is 2.34. The van der Waals surface area contributed by atoms with Crippen LogP contribution in [0.25, 0.3) is 0 Å². The van der Waals surface area contributed by atoms with Gasteiger partial charge in [0.25, 0.3) is 0 Å². The number of nitrogens with zero attached hydrogens (tertiary/aromatic N) is 1. The second-order valence-corrected chi connectivity index (χ2v) is 2.44. The van der Waals surface area contributed by atoms with E-state index < -0.39 is 0 Å². The molecule has 0 aromatic rings. The van der Waals surface area contributed by atoms with E-state index in [1.807, 2.05) is 18.9 Å². The molecule has 0 saturated carbocycles. The summed E-state index contributed by atoms with van der Waals surface area (Å²) in [4.78, 5) is 10.2. The molecule has 0 bridgehead atoms. The monoisotopic (exact) mass is 141 g/mol. The lowest BCUT2D eigenvalue weighted by atomic mass is 10.4. The molecule has 1 aliphatic rings. The number of carbonyl (C=O) groups excluding carboxylic acids is 1. The van der Waals surface area contributed by atoms with Crippen molar-refractivity contribution in [2.24, 2.45) is 0 Å². The predicted octanol–water partition coefficient (Wildman–Crippen LogP) is -0.240. The molecule has 0 atom stereocenters. The van der Waals surface area contributed by atoms with Gasteiger partial charge in [0.1, 0.15) is 5.70 Å². The Hall–Kier alpha value is -1.03. The van der Waals surface area contributed by atoms with Crippen LogP contribution in [0.3, 0.4) is 0 Å². The zero-order valence-corrected chi connectivity index (χ0v) is 6.09. The topological polar surface area (TPSA) is 44.4 Å². The fourth-order valence-electron chi connectivity index (χ4n) is 0.682. The van der Waals surface area contributed by atoms with Gasteiger partial charge in [0.15, 0.2) is 6.29 Å². The lowest BCUT2D eigenvalue weighted by Gasteiger charge is -2.18. The van der Waals surface area contributed by atoms with Crippen LogP contribution in [0.2, 0.25) is 0 Å². The summed E-state index contributed by atoms with van der Waals surface area (Å²) in [5, 5.41) is 1.82. The number of rotatable bonds is 2. The molecule has 1 aliphatic heterocycles. The van der Waals surface area contributed by atoms with Crippen LogP contribution in [0, 0.1) is 0 Å². The summed E-state index contributed by atoms with van der Waals surface area (Å²) in [6.45, 7) is 4.05. The van der Waals surface area contributed by atoms with Crippen molar-refractivity contribution < 1.29 is 4.79 Å². The second-order valence-electron chi connectivity index (χ2n) is 2.44. The van der Waals surface area contributed by atoms with Gasteiger partial charge in [0.2, 0.25) is 0 Å². The van der Waals surface area contributed by atoms with E-state index in [4.69, 9.17) is 0 Å². The Kier molecular flexibility index (Phi) is 1.91. The summed E-state index contributed by atoms with van der Waals surface area (Å²) in [7, 11) is 0. The maximum absolute atomic E-state index is 10.2. The van der Waals surface area contributed by atoms with E-state index in [0.717, 1.165) is 6.29 Å². The second kappa shape index (κ2) is 2.70. The molecule has 0 fully saturated rings. The van der Waals surface area contributed by atoms with E-state index in [0.29, 0.717) is 11.7 Å². The van der Waals surface area contributed by atoms with Crippen molar-refractivity contribution in [2.45, 2.75) is 19.9 Å². The first kappa shape index (κ1) is 7.08. The van der Waals surface area contributed by atoms with Gasteiger partial charge in [-0.2, -0.15) is 0 Å². The molecule has 0 amide bonds. The predicted molar refractivity (Wildman–Crippen MR) is 37.4 cm³/mol. The summed E-state index contributed by atoms with van der Waals surface area (Å²) in [6.07, 6.45) is 2.51. The van der Waals surface area contributed by atoms with Crippen molar-refractivity contribution >= 4 is 6.29 Å². The summed E-state index contributed by atoms with van der Waals surface area (Å²) in [5.74, 6) is 0. The fraction of sp³-hybridized carbons (Fsp3) is 0.500. The van der Waals surface area contributed by atoms with Crippen molar-refractivity contribution in [3.05, 3.63) is 11.9 Å². The van der Waals surface area contributed by atoms with Gasteiger partial charge in [-0.1, -0.05) is 0 Å². The Bertz CT molecular complexity index is 164. The number of hydrogen-bond acceptors (Lipinski definition) is 4. The van der Waals surface area contributed by atoms with Crippen LogP contribution < -0.4 is 11.0 Å².